The summed E-state index contributed by atoms with van der Waals surface area (Å²) in [6.07, 6.45) is 0. The minimum Gasteiger partial charge on any atom is -0.310 e. The number of benzene rings is 23. The molecule has 0 N–H and O–H groups in total. The van der Waals surface area contributed by atoms with Crippen molar-refractivity contribution in [2.45, 2.75) is 63.2 Å². The van der Waals surface area contributed by atoms with Gasteiger partial charge in [-0.3, -0.25) is 0 Å². The van der Waals surface area contributed by atoms with Gasteiger partial charge in [-0.2, -0.15) is 0 Å². The van der Waals surface area contributed by atoms with Gasteiger partial charge in [0.2, 0.25) is 0 Å². The van der Waals surface area contributed by atoms with Gasteiger partial charge in [-0.25, -0.2) is 0 Å². The lowest BCUT2D eigenvalue weighted by molar-refractivity contribution is 0.590. The first-order chi connectivity index (χ1) is 71.2. The van der Waals surface area contributed by atoms with Crippen LogP contribution in [0.2, 0.25) is 0 Å². The van der Waals surface area contributed by atoms with E-state index in [2.05, 4.69) is 577 Å². The molecule has 4 nitrogen and oxygen atoms in total. The maximum Gasteiger partial charge on any atom is 0.252 e. The number of para-hydroxylation sites is 5. The molecule has 4 aliphatic heterocycles. The van der Waals surface area contributed by atoms with Crippen LogP contribution < -0.4 is 36.0 Å². The SMILES string of the molecule is CC(C)(C)c1cc(-c2cc3ccccc3c3ccccc23)c(N2c3cc(N4c5ccccc5C(c5ccccc5)(c5ccccc5)c5ccccc54)ccc3B3c4ccc(N5c6ccccc6C(c6ccccc6)(c6ccccc6)c6ccccc65)cc4N(c4c(-c5ccc(-c6ccccc6)cc5)cccc4-c4ccc(-c5ccccc5)cc4)c4cc(C(C)(C)C)cc2c43)c(-c2cc3ccccc3c3ccccc23)c1. The van der Waals surface area contributed by atoms with E-state index in [1.54, 1.807) is 0 Å². The van der Waals surface area contributed by atoms with E-state index in [4.69, 9.17) is 0 Å². The molecule has 0 bridgehead atoms. The standard InChI is InChI=1S/C140H103BN4/c1-137(2,3)104-86-118(116-84-98-46-25-27-56-108(98)112-58-29-31-60-114(112)116)136(119(87-104)117-85-99-47-26-28-57-109(99)113-59-30-32-61-115(113)117)145-131-91-107(143-128-70-39-35-66-122(128)140(102-52-21-11-22-53-102,103-54-23-12-24-55-103)123-67-36-40-71-129(123)143)81-83-125(131)141-124-82-80-106(142-126-68-37-33-64-120(126)139(100-48-17-9-18-49-100,101-50-19-10-20-51-101)121-65-34-38-69-127(121)142)90-130(124)144(132-88-105(138(4,5)6)89-133(145)134(132)141)135-110(96-76-72-94(73-77-96)92-42-13-7-14-43-92)62-41-63-111(135)97-78-74-95(75-79-97)93-44-15-8-16-45-93/h7-91H,1-6H3. The molecule has 23 aromatic carbocycles. The van der Waals surface area contributed by atoms with Gasteiger partial charge in [0.15, 0.2) is 0 Å². The number of rotatable bonds is 14. The zero-order valence-corrected chi connectivity index (χ0v) is 81.9. The Morgan fingerprint density at radius 2 is 0.469 bits per heavy atom. The molecular weight excluding hydrogens is 1750 g/mol. The van der Waals surface area contributed by atoms with E-state index in [1.165, 1.54) is 126 Å². The molecule has 0 amide bonds. The van der Waals surface area contributed by atoms with Crippen molar-refractivity contribution < 1.29 is 0 Å². The smallest absolute Gasteiger partial charge is 0.252 e. The average Bonchev–Trinajstić information content (AvgIpc) is 0.677. The fourth-order valence-corrected chi connectivity index (χ4v) is 25.0. The van der Waals surface area contributed by atoms with Crippen molar-refractivity contribution in [3.8, 4) is 66.8 Å². The van der Waals surface area contributed by atoms with Crippen molar-refractivity contribution >= 4 is 134 Å². The first-order valence-electron chi connectivity index (χ1n) is 51.0. The summed E-state index contributed by atoms with van der Waals surface area (Å²) in [6.45, 7) is 14.1. The third-order valence-electron chi connectivity index (χ3n) is 31.6. The lowest BCUT2D eigenvalue weighted by atomic mass is 9.33. The summed E-state index contributed by atoms with van der Waals surface area (Å²) in [6, 6.07) is 197. The minimum atomic E-state index is -0.730. The van der Waals surface area contributed by atoms with E-state index in [-0.39, 0.29) is 5.41 Å². The maximum absolute atomic E-state index is 2.83. The molecule has 23 aromatic rings. The molecule has 0 spiro atoms. The fraction of sp³-hybridized carbons (Fsp3) is 0.0714. The lowest BCUT2D eigenvalue weighted by Crippen LogP contribution is -2.61. The van der Waals surface area contributed by atoms with Crippen LogP contribution in [0.5, 0.6) is 0 Å². The molecule has 0 radical (unpaired) electrons. The summed E-state index contributed by atoms with van der Waals surface area (Å²) in [5.74, 6) is 0. The van der Waals surface area contributed by atoms with Crippen molar-refractivity contribution in [1.82, 2.24) is 0 Å². The molecular formula is C140H103BN4. The number of anilines is 12. The highest BCUT2D eigenvalue weighted by atomic mass is 15.2. The largest absolute Gasteiger partial charge is 0.310 e. The predicted octanol–water partition coefficient (Wildman–Crippen LogP) is 35.3. The molecule has 4 heterocycles. The van der Waals surface area contributed by atoms with Crippen LogP contribution >= 0.6 is 0 Å². The highest BCUT2D eigenvalue weighted by molar-refractivity contribution is 7.00. The topological polar surface area (TPSA) is 13.0 Å². The molecule has 686 valence electrons. The van der Waals surface area contributed by atoms with Gasteiger partial charge in [-0.15, -0.1) is 0 Å². The normalized spacial score (nSPS) is 13.6. The maximum atomic E-state index is 2.83. The van der Waals surface area contributed by atoms with Gasteiger partial charge < -0.3 is 19.6 Å². The lowest BCUT2D eigenvalue weighted by Gasteiger charge is -2.48. The van der Waals surface area contributed by atoms with Crippen LogP contribution in [0.15, 0.2) is 516 Å². The summed E-state index contributed by atoms with van der Waals surface area (Å²) in [5, 5.41) is 9.54. The fourth-order valence-electron chi connectivity index (χ4n) is 25.0. The Balaban J connectivity index is 0.814. The summed E-state index contributed by atoms with van der Waals surface area (Å²) in [7, 11) is 0. The predicted molar refractivity (Wildman–Crippen MR) is 614 cm³/mol. The van der Waals surface area contributed by atoms with Crippen molar-refractivity contribution in [2.75, 3.05) is 19.6 Å². The Morgan fingerprint density at radius 1 is 0.186 bits per heavy atom. The van der Waals surface area contributed by atoms with E-state index in [0.29, 0.717) is 0 Å². The Bertz CT molecular complexity index is 8660. The summed E-state index contributed by atoms with van der Waals surface area (Å²) >= 11 is 0. The molecule has 0 unspecified atom stereocenters. The van der Waals surface area contributed by atoms with Crippen molar-refractivity contribution in [3.63, 3.8) is 0 Å². The molecule has 0 saturated heterocycles. The molecule has 0 saturated carbocycles. The Morgan fingerprint density at radius 3 is 0.821 bits per heavy atom. The van der Waals surface area contributed by atoms with Crippen molar-refractivity contribution in [1.29, 1.82) is 0 Å². The van der Waals surface area contributed by atoms with Crippen LogP contribution in [0.3, 0.4) is 0 Å². The van der Waals surface area contributed by atoms with Crippen LogP contribution in [0, 0.1) is 0 Å². The molecule has 0 fully saturated rings. The quantitative estimate of drug-likeness (QED) is 0.0795. The second-order valence-corrected chi connectivity index (χ2v) is 41.6. The second kappa shape index (κ2) is 34.1. The number of hydrogen-bond donors (Lipinski definition) is 0. The summed E-state index contributed by atoms with van der Waals surface area (Å²) in [4.78, 5) is 10.8. The van der Waals surface area contributed by atoms with Crippen LogP contribution in [-0.2, 0) is 21.7 Å². The third-order valence-corrected chi connectivity index (χ3v) is 31.6. The molecule has 27 rings (SSSR count). The first kappa shape index (κ1) is 86.5. The third kappa shape index (κ3) is 13.7. The van der Waals surface area contributed by atoms with Gasteiger partial charge in [0, 0.05) is 56.4 Å². The number of nitrogens with zero attached hydrogens (tertiary/aromatic N) is 4. The molecule has 0 aliphatic carbocycles. The summed E-state index contributed by atoms with van der Waals surface area (Å²) < 4.78 is 0. The van der Waals surface area contributed by atoms with E-state index >= 15 is 0 Å². The van der Waals surface area contributed by atoms with Gasteiger partial charge in [0.25, 0.3) is 6.71 Å². The zero-order valence-electron chi connectivity index (χ0n) is 81.9. The molecule has 5 heteroatoms. The van der Waals surface area contributed by atoms with Gasteiger partial charge in [-0.05, 0) is 255 Å². The monoisotopic (exact) mass is 1850 g/mol. The highest BCUT2D eigenvalue weighted by Crippen LogP contribution is 2.64. The zero-order chi connectivity index (χ0) is 97.0. The van der Waals surface area contributed by atoms with Gasteiger partial charge in [-0.1, -0.05) is 472 Å². The summed E-state index contributed by atoms with van der Waals surface area (Å²) in [5.41, 5.74) is 39.8. The molecule has 4 aliphatic rings. The first-order valence-corrected chi connectivity index (χ1v) is 51.0. The van der Waals surface area contributed by atoms with Crippen molar-refractivity contribution in [3.05, 3.63) is 571 Å². The van der Waals surface area contributed by atoms with E-state index in [9.17, 15) is 0 Å². The van der Waals surface area contributed by atoms with Crippen LogP contribution in [0.4, 0.5) is 68.2 Å². The minimum absolute atomic E-state index is 0.363. The van der Waals surface area contributed by atoms with Gasteiger partial charge in [0.1, 0.15) is 0 Å². The average molecular weight is 1850 g/mol. The van der Waals surface area contributed by atoms with Crippen LogP contribution in [0.1, 0.15) is 97.2 Å². The number of hydrogen-bond acceptors (Lipinski definition) is 4. The highest BCUT2D eigenvalue weighted by Gasteiger charge is 2.52. The van der Waals surface area contributed by atoms with Crippen LogP contribution in [0.25, 0.3) is 110 Å². The van der Waals surface area contributed by atoms with E-state index in [1.807, 2.05) is 0 Å². The Kier molecular flexibility index (Phi) is 20.3. The van der Waals surface area contributed by atoms with E-state index in [0.717, 1.165) is 124 Å². The Labute approximate surface area is 849 Å². The van der Waals surface area contributed by atoms with Gasteiger partial charge in [0.05, 0.1) is 45.0 Å². The van der Waals surface area contributed by atoms with Gasteiger partial charge >= 0.3 is 0 Å². The van der Waals surface area contributed by atoms with Crippen LogP contribution in [-0.4, -0.2) is 6.71 Å². The van der Waals surface area contributed by atoms with E-state index < -0.39 is 23.0 Å². The second-order valence-electron chi connectivity index (χ2n) is 41.6. The Hall–Kier alpha value is -17.6. The molecule has 0 aromatic heterocycles. The molecule has 0 atom stereocenters. The van der Waals surface area contributed by atoms with Crippen molar-refractivity contribution in [2.24, 2.45) is 0 Å². The number of fused-ring (bicyclic) bond motifs is 14. The molecule has 145 heavy (non-hydrogen) atoms.